The molecule has 1 atom stereocenters. The fourth-order valence-corrected chi connectivity index (χ4v) is 3.64. The van der Waals surface area contributed by atoms with E-state index in [9.17, 15) is 9.59 Å². The molecular formula is C20H23ClN4O2. The molecule has 142 valence electrons. The van der Waals surface area contributed by atoms with E-state index in [1.807, 2.05) is 24.4 Å². The summed E-state index contributed by atoms with van der Waals surface area (Å²) in [4.78, 5) is 28.8. The maximum atomic E-state index is 12.6. The minimum atomic E-state index is -0.208. The normalized spacial score (nSPS) is 18.2. The van der Waals surface area contributed by atoms with Crippen molar-refractivity contribution in [2.45, 2.75) is 19.3 Å². The predicted octanol–water partition coefficient (Wildman–Crippen LogP) is 2.19. The highest BCUT2D eigenvalue weighted by molar-refractivity contribution is 6.05. The van der Waals surface area contributed by atoms with Crippen LogP contribution in [0.4, 0.5) is 5.69 Å². The number of aromatic nitrogens is 1. The number of carbonyl (C=O) groups excluding carboxylic acids is 2. The van der Waals surface area contributed by atoms with Gasteiger partial charge in [-0.25, -0.2) is 0 Å². The van der Waals surface area contributed by atoms with E-state index >= 15 is 0 Å². The molecule has 1 aromatic carbocycles. The van der Waals surface area contributed by atoms with Gasteiger partial charge in [0.15, 0.2) is 0 Å². The molecular weight excluding hydrogens is 364 g/mol. The molecule has 0 radical (unpaired) electrons. The first-order valence-corrected chi connectivity index (χ1v) is 9.06. The van der Waals surface area contributed by atoms with Gasteiger partial charge in [0.25, 0.3) is 11.8 Å². The third kappa shape index (κ3) is 4.46. The minimum absolute atomic E-state index is 0. The standard InChI is InChI=1S/C20H22N4O2.ClH/c25-19(16-8-14(11-22-12-16)7-13-3-5-21-10-13)24-17-2-1-15-4-6-23-20(26)18(15)9-17;/h1-2,8-9,11-13,21H,3-7,10H2,(H,23,26)(H,24,25);1H. The van der Waals surface area contributed by atoms with Crippen LogP contribution < -0.4 is 16.0 Å². The molecule has 3 N–H and O–H groups in total. The van der Waals surface area contributed by atoms with Gasteiger partial charge in [-0.1, -0.05) is 6.07 Å². The number of pyridine rings is 1. The maximum absolute atomic E-state index is 12.6. The zero-order valence-corrected chi connectivity index (χ0v) is 15.8. The monoisotopic (exact) mass is 386 g/mol. The third-order valence-corrected chi connectivity index (χ3v) is 5.04. The molecule has 1 fully saturated rings. The largest absolute Gasteiger partial charge is 0.352 e. The van der Waals surface area contributed by atoms with Gasteiger partial charge in [0.1, 0.15) is 0 Å². The Morgan fingerprint density at radius 3 is 2.93 bits per heavy atom. The molecule has 1 saturated heterocycles. The Bertz CT molecular complexity index is 850. The molecule has 2 aliphatic heterocycles. The lowest BCUT2D eigenvalue weighted by atomic mass is 9.98. The summed E-state index contributed by atoms with van der Waals surface area (Å²) >= 11 is 0. The summed E-state index contributed by atoms with van der Waals surface area (Å²) < 4.78 is 0. The first-order valence-electron chi connectivity index (χ1n) is 9.06. The van der Waals surface area contributed by atoms with Crippen molar-refractivity contribution >= 4 is 29.9 Å². The van der Waals surface area contributed by atoms with Gasteiger partial charge in [0.05, 0.1) is 5.56 Å². The number of halogens is 1. The van der Waals surface area contributed by atoms with Gasteiger partial charge in [0, 0.05) is 30.2 Å². The number of fused-ring (bicyclic) bond motifs is 1. The van der Waals surface area contributed by atoms with Gasteiger partial charge in [0.2, 0.25) is 0 Å². The average Bonchev–Trinajstić information content (AvgIpc) is 3.16. The lowest BCUT2D eigenvalue weighted by Gasteiger charge is -2.17. The number of benzene rings is 1. The van der Waals surface area contributed by atoms with Crippen LogP contribution in [0.15, 0.2) is 36.7 Å². The summed E-state index contributed by atoms with van der Waals surface area (Å²) in [6.45, 7) is 2.74. The predicted molar refractivity (Wildman–Crippen MR) is 107 cm³/mol. The summed E-state index contributed by atoms with van der Waals surface area (Å²) in [7, 11) is 0. The highest BCUT2D eigenvalue weighted by Gasteiger charge is 2.18. The molecule has 2 amide bonds. The lowest BCUT2D eigenvalue weighted by Crippen LogP contribution is -2.31. The second-order valence-electron chi connectivity index (χ2n) is 6.98. The number of amides is 2. The minimum Gasteiger partial charge on any atom is -0.352 e. The smallest absolute Gasteiger partial charge is 0.257 e. The van der Waals surface area contributed by atoms with Crippen molar-refractivity contribution in [3.05, 3.63) is 58.9 Å². The van der Waals surface area contributed by atoms with Crippen LogP contribution in [0.5, 0.6) is 0 Å². The molecule has 7 heteroatoms. The Labute approximate surface area is 164 Å². The summed E-state index contributed by atoms with van der Waals surface area (Å²) in [5.41, 5.74) is 3.89. The number of rotatable bonds is 4. The van der Waals surface area contributed by atoms with E-state index < -0.39 is 0 Å². The van der Waals surface area contributed by atoms with Gasteiger partial charge in [-0.05, 0) is 67.6 Å². The van der Waals surface area contributed by atoms with Crippen molar-refractivity contribution in [3.8, 4) is 0 Å². The number of nitrogens with zero attached hydrogens (tertiary/aromatic N) is 1. The molecule has 2 aliphatic rings. The molecule has 0 bridgehead atoms. The Morgan fingerprint density at radius 1 is 1.22 bits per heavy atom. The summed E-state index contributed by atoms with van der Waals surface area (Å²) in [5.74, 6) is 0.311. The van der Waals surface area contributed by atoms with E-state index in [2.05, 4.69) is 20.9 Å². The zero-order valence-electron chi connectivity index (χ0n) is 15.0. The van der Waals surface area contributed by atoms with Gasteiger partial charge >= 0.3 is 0 Å². The second kappa shape index (κ2) is 8.50. The first kappa shape index (κ1) is 19.3. The van der Waals surface area contributed by atoms with Crippen molar-refractivity contribution in [3.63, 3.8) is 0 Å². The molecule has 27 heavy (non-hydrogen) atoms. The molecule has 1 unspecified atom stereocenters. The molecule has 1 aromatic heterocycles. The number of carbonyl (C=O) groups is 2. The van der Waals surface area contributed by atoms with Crippen LogP contribution in [-0.2, 0) is 12.8 Å². The number of anilines is 1. The van der Waals surface area contributed by atoms with E-state index in [-0.39, 0.29) is 24.2 Å². The Balaban J connectivity index is 0.00000210. The van der Waals surface area contributed by atoms with Crippen LogP contribution in [0.25, 0.3) is 0 Å². The Kier molecular flexibility index (Phi) is 6.08. The average molecular weight is 387 g/mol. The van der Waals surface area contributed by atoms with Crippen LogP contribution in [-0.4, -0.2) is 36.4 Å². The third-order valence-electron chi connectivity index (χ3n) is 5.04. The van der Waals surface area contributed by atoms with Crippen LogP contribution in [0.1, 0.15) is 38.3 Å². The molecule has 0 spiro atoms. The molecule has 3 heterocycles. The molecule has 4 rings (SSSR count). The van der Waals surface area contributed by atoms with Gasteiger partial charge in [-0.15, -0.1) is 12.4 Å². The van der Waals surface area contributed by atoms with Crippen molar-refractivity contribution < 1.29 is 9.59 Å². The SMILES string of the molecule is Cl.O=C(Nc1ccc2c(c1)C(=O)NCC2)c1cncc(CC2CCNC2)c1. The Hall–Kier alpha value is -2.44. The van der Waals surface area contributed by atoms with E-state index in [0.717, 1.165) is 43.5 Å². The number of nitrogens with one attached hydrogen (secondary N) is 3. The summed E-state index contributed by atoms with van der Waals surface area (Å²) in [6.07, 6.45) is 6.32. The fraction of sp³-hybridized carbons (Fsp3) is 0.350. The van der Waals surface area contributed by atoms with Crippen LogP contribution in [0, 0.1) is 5.92 Å². The molecule has 2 aromatic rings. The molecule has 6 nitrogen and oxygen atoms in total. The van der Waals surface area contributed by atoms with Crippen molar-refractivity contribution in [1.82, 2.24) is 15.6 Å². The van der Waals surface area contributed by atoms with E-state index in [1.54, 1.807) is 12.3 Å². The van der Waals surface area contributed by atoms with Crippen molar-refractivity contribution in [2.75, 3.05) is 25.0 Å². The first-order chi connectivity index (χ1) is 12.7. The number of hydrogen-bond acceptors (Lipinski definition) is 4. The van der Waals surface area contributed by atoms with Crippen LogP contribution in [0.3, 0.4) is 0 Å². The highest BCUT2D eigenvalue weighted by atomic mass is 35.5. The van der Waals surface area contributed by atoms with Crippen LogP contribution in [0.2, 0.25) is 0 Å². The van der Waals surface area contributed by atoms with Crippen molar-refractivity contribution in [2.24, 2.45) is 5.92 Å². The quantitative estimate of drug-likeness (QED) is 0.752. The summed E-state index contributed by atoms with van der Waals surface area (Å²) in [6, 6.07) is 7.40. The molecule has 0 saturated carbocycles. The maximum Gasteiger partial charge on any atom is 0.257 e. The lowest BCUT2D eigenvalue weighted by molar-refractivity contribution is 0.0944. The molecule has 0 aliphatic carbocycles. The topological polar surface area (TPSA) is 83.1 Å². The van der Waals surface area contributed by atoms with Gasteiger partial charge in [-0.2, -0.15) is 0 Å². The van der Waals surface area contributed by atoms with Crippen molar-refractivity contribution in [1.29, 1.82) is 0 Å². The van der Waals surface area contributed by atoms with E-state index in [4.69, 9.17) is 0 Å². The second-order valence-corrected chi connectivity index (χ2v) is 6.98. The Morgan fingerprint density at radius 2 is 2.11 bits per heavy atom. The number of hydrogen-bond donors (Lipinski definition) is 3. The van der Waals surface area contributed by atoms with Gasteiger partial charge in [-0.3, -0.25) is 14.6 Å². The van der Waals surface area contributed by atoms with Crippen LogP contribution >= 0.6 is 12.4 Å². The van der Waals surface area contributed by atoms with E-state index in [1.165, 1.54) is 0 Å². The highest BCUT2D eigenvalue weighted by Crippen LogP contribution is 2.20. The fourth-order valence-electron chi connectivity index (χ4n) is 3.64. The van der Waals surface area contributed by atoms with E-state index in [0.29, 0.717) is 29.3 Å². The summed E-state index contributed by atoms with van der Waals surface area (Å²) in [5, 5.41) is 9.06. The zero-order chi connectivity index (χ0) is 17.9. The van der Waals surface area contributed by atoms with Gasteiger partial charge < -0.3 is 16.0 Å².